The highest BCUT2D eigenvalue weighted by Crippen LogP contribution is 2.35. The number of hydrogen-bond donors (Lipinski definition) is 1. The second-order valence-corrected chi connectivity index (χ2v) is 5.04. The zero-order valence-electron chi connectivity index (χ0n) is 10.4. The molecular weight excluding hydrogens is 239 g/mol. The number of benzene rings is 1. The van der Waals surface area contributed by atoms with Gasteiger partial charge in [0.1, 0.15) is 0 Å². The van der Waals surface area contributed by atoms with Gasteiger partial charge in [0.25, 0.3) is 0 Å². The highest BCUT2D eigenvalue weighted by Gasteiger charge is 2.45. The highest BCUT2D eigenvalue weighted by atomic mass is 19.4. The molecule has 1 aromatic rings. The summed E-state index contributed by atoms with van der Waals surface area (Å²) in [6.07, 6.45) is -2.80. The Morgan fingerprint density at radius 2 is 2.11 bits per heavy atom. The number of aryl methyl sites for hydroxylation is 1. The van der Waals surface area contributed by atoms with Crippen molar-refractivity contribution in [1.82, 2.24) is 5.32 Å². The minimum absolute atomic E-state index is 0.243. The van der Waals surface area contributed by atoms with Crippen molar-refractivity contribution in [1.29, 1.82) is 0 Å². The molecule has 100 valence electrons. The number of halogens is 3. The summed E-state index contributed by atoms with van der Waals surface area (Å²) in [6.45, 7) is 2.64. The predicted molar refractivity (Wildman–Crippen MR) is 65.5 cm³/mol. The molecule has 0 spiro atoms. The van der Waals surface area contributed by atoms with Gasteiger partial charge in [-0.05, 0) is 38.3 Å². The molecule has 4 heteroatoms. The van der Waals surface area contributed by atoms with E-state index in [0.717, 1.165) is 11.1 Å². The van der Waals surface area contributed by atoms with Gasteiger partial charge in [-0.3, -0.25) is 0 Å². The maximum absolute atomic E-state index is 12.9. The maximum Gasteiger partial charge on any atom is 0.393 e. The molecule has 1 aliphatic heterocycles. The monoisotopic (exact) mass is 257 g/mol. The number of hydrogen-bond acceptors (Lipinski definition) is 1. The average molecular weight is 257 g/mol. The molecule has 2 rings (SSSR count). The van der Waals surface area contributed by atoms with Gasteiger partial charge in [0.05, 0.1) is 5.92 Å². The fraction of sp³-hybridized carbons (Fsp3) is 0.571. The van der Waals surface area contributed by atoms with Crippen LogP contribution < -0.4 is 5.32 Å². The van der Waals surface area contributed by atoms with E-state index in [9.17, 15) is 13.2 Å². The second-order valence-electron chi connectivity index (χ2n) is 5.04. The van der Waals surface area contributed by atoms with E-state index < -0.39 is 18.1 Å². The Hall–Kier alpha value is -1.03. The highest BCUT2D eigenvalue weighted by molar-refractivity contribution is 5.23. The normalized spacial score (nSPS) is 25.1. The van der Waals surface area contributed by atoms with E-state index in [4.69, 9.17) is 0 Å². The van der Waals surface area contributed by atoms with Crippen LogP contribution in [0.2, 0.25) is 0 Å². The fourth-order valence-electron chi connectivity index (χ4n) is 2.65. The lowest BCUT2D eigenvalue weighted by Gasteiger charge is -2.34. The standard InChI is InChI=1S/C14H18F3N/c1-10-4-2-5-11(8-10)9-13-12(14(15,16)17)6-3-7-18-13/h2,4-5,8,12-13,18H,3,6-7,9H2,1H3. The lowest BCUT2D eigenvalue weighted by atomic mass is 9.86. The summed E-state index contributed by atoms with van der Waals surface area (Å²) in [7, 11) is 0. The molecule has 0 aliphatic carbocycles. The van der Waals surface area contributed by atoms with Gasteiger partial charge in [-0.2, -0.15) is 13.2 Å². The molecular formula is C14H18F3N. The third-order valence-corrected chi connectivity index (χ3v) is 3.54. The van der Waals surface area contributed by atoms with Crippen molar-refractivity contribution in [2.24, 2.45) is 5.92 Å². The van der Waals surface area contributed by atoms with Crippen LogP contribution in [0.4, 0.5) is 13.2 Å². The van der Waals surface area contributed by atoms with Crippen molar-refractivity contribution < 1.29 is 13.2 Å². The van der Waals surface area contributed by atoms with Gasteiger partial charge in [-0.15, -0.1) is 0 Å². The Labute approximate surface area is 105 Å². The molecule has 2 unspecified atom stereocenters. The third kappa shape index (κ3) is 3.25. The first-order valence-electron chi connectivity index (χ1n) is 6.32. The summed E-state index contributed by atoms with van der Waals surface area (Å²) in [5.74, 6) is -1.22. The van der Waals surface area contributed by atoms with Crippen LogP contribution in [0.25, 0.3) is 0 Å². The summed E-state index contributed by atoms with van der Waals surface area (Å²) in [4.78, 5) is 0. The van der Waals surface area contributed by atoms with Gasteiger partial charge in [0.15, 0.2) is 0 Å². The summed E-state index contributed by atoms with van der Waals surface area (Å²) in [5.41, 5.74) is 2.07. The molecule has 0 aromatic heterocycles. The lowest BCUT2D eigenvalue weighted by Crippen LogP contribution is -2.48. The van der Waals surface area contributed by atoms with Gasteiger partial charge in [0, 0.05) is 6.04 Å². The maximum atomic E-state index is 12.9. The summed E-state index contributed by atoms with van der Waals surface area (Å²) in [5, 5.41) is 3.02. The fourth-order valence-corrected chi connectivity index (χ4v) is 2.65. The molecule has 2 atom stereocenters. The van der Waals surface area contributed by atoms with Gasteiger partial charge in [-0.25, -0.2) is 0 Å². The van der Waals surface area contributed by atoms with E-state index in [2.05, 4.69) is 5.32 Å². The molecule has 18 heavy (non-hydrogen) atoms. The molecule has 1 fully saturated rings. The van der Waals surface area contributed by atoms with Crippen molar-refractivity contribution in [3.63, 3.8) is 0 Å². The first kappa shape index (κ1) is 13.4. The van der Waals surface area contributed by atoms with Crippen LogP contribution in [0, 0.1) is 12.8 Å². The minimum atomic E-state index is -4.10. The summed E-state index contributed by atoms with van der Waals surface area (Å²) in [6, 6.07) is 7.23. The van der Waals surface area contributed by atoms with Crippen LogP contribution in [0.15, 0.2) is 24.3 Å². The summed E-state index contributed by atoms with van der Waals surface area (Å²) >= 11 is 0. The predicted octanol–water partition coefficient (Wildman–Crippen LogP) is 3.47. The first-order chi connectivity index (χ1) is 8.47. The SMILES string of the molecule is Cc1cccc(CC2NCCCC2C(F)(F)F)c1. The van der Waals surface area contributed by atoms with Crippen LogP contribution in [0.1, 0.15) is 24.0 Å². The molecule has 1 aromatic carbocycles. The van der Waals surface area contributed by atoms with E-state index >= 15 is 0 Å². The van der Waals surface area contributed by atoms with Gasteiger partial charge >= 0.3 is 6.18 Å². The molecule has 1 aliphatic rings. The second kappa shape index (κ2) is 5.31. The Balaban J connectivity index is 2.10. The van der Waals surface area contributed by atoms with E-state index in [-0.39, 0.29) is 6.42 Å². The molecule has 0 radical (unpaired) electrons. The molecule has 1 saturated heterocycles. The van der Waals surface area contributed by atoms with Crippen molar-refractivity contribution in [3.8, 4) is 0 Å². The molecule has 0 bridgehead atoms. The molecule has 1 nitrogen and oxygen atoms in total. The van der Waals surface area contributed by atoms with E-state index in [0.29, 0.717) is 19.4 Å². The van der Waals surface area contributed by atoms with Crippen LogP contribution in [0.5, 0.6) is 0 Å². The van der Waals surface area contributed by atoms with E-state index in [1.807, 2.05) is 31.2 Å². The lowest BCUT2D eigenvalue weighted by molar-refractivity contribution is -0.188. The Morgan fingerprint density at radius 3 is 2.78 bits per heavy atom. The largest absolute Gasteiger partial charge is 0.393 e. The number of alkyl halides is 3. The molecule has 1 heterocycles. The average Bonchev–Trinajstić information content (AvgIpc) is 2.28. The minimum Gasteiger partial charge on any atom is -0.313 e. The Kier molecular flexibility index (Phi) is 3.95. The number of rotatable bonds is 2. The Morgan fingerprint density at radius 1 is 1.33 bits per heavy atom. The van der Waals surface area contributed by atoms with E-state index in [1.54, 1.807) is 0 Å². The van der Waals surface area contributed by atoms with Crippen molar-refractivity contribution in [2.75, 3.05) is 6.54 Å². The van der Waals surface area contributed by atoms with Crippen LogP contribution >= 0.6 is 0 Å². The summed E-state index contributed by atoms with van der Waals surface area (Å²) < 4.78 is 38.8. The van der Waals surface area contributed by atoms with Crippen molar-refractivity contribution >= 4 is 0 Å². The number of nitrogens with one attached hydrogen (secondary N) is 1. The van der Waals surface area contributed by atoms with Crippen LogP contribution in [0.3, 0.4) is 0 Å². The smallest absolute Gasteiger partial charge is 0.313 e. The van der Waals surface area contributed by atoms with E-state index in [1.165, 1.54) is 0 Å². The number of piperidine rings is 1. The van der Waals surface area contributed by atoms with Crippen molar-refractivity contribution in [2.45, 2.75) is 38.4 Å². The zero-order valence-corrected chi connectivity index (χ0v) is 10.4. The van der Waals surface area contributed by atoms with Gasteiger partial charge in [0.2, 0.25) is 0 Å². The third-order valence-electron chi connectivity index (χ3n) is 3.54. The van der Waals surface area contributed by atoms with Crippen LogP contribution in [-0.4, -0.2) is 18.8 Å². The van der Waals surface area contributed by atoms with Crippen molar-refractivity contribution in [3.05, 3.63) is 35.4 Å². The van der Waals surface area contributed by atoms with Gasteiger partial charge in [-0.1, -0.05) is 29.8 Å². The first-order valence-corrected chi connectivity index (χ1v) is 6.32. The quantitative estimate of drug-likeness (QED) is 0.855. The Bertz CT molecular complexity index is 400. The topological polar surface area (TPSA) is 12.0 Å². The molecule has 0 saturated carbocycles. The molecule has 0 amide bonds. The van der Waals surface area contributed by atoms with Gasteiger partial charge < -0.3 is 5.32 Å². The van der Waals surface area contributed by atoms with Crippen LogP contribution in [-0.2, 0) is 6.42 Å². The zero-order chi connectivity index (χ0) is 13.2. The molecule has 1 N–H and O–H groups in total.